The number of benzene rings is 2. The maximum Gasteiger partial charge on any atom is 0.341 e. The first-order valence-electron chi connectivity index (χ1n) is 10.2. The molecule has 1 aromatic heterocycles. The van der Waals surface area contributed by atoms with Crippen LogP contribution in [0.15, 0.2) is 40.2 Å². The Hall–Kier alpha value is -2.97. The van der Waals surface area contributed by atoms with Crippen molar-refractivity contribution >= 4 is 34.4 Å². The highest BCUT2D eigenvalue weighted by Gasteiger charge is 2.26. The molecule has 33 heavy (non-hydrogen) atoms. The zero-order valence-electron chi connectivity index (χ0n) is 19.3. The van der Waals surface area contributed by atoms with Crippen LogP contribution in [-0.4, -0.2) is 32.2 Å². The molecule has 7 nitrogen and oxygen atoms in total. The molecule has 0 aliphatic heterocycles. The van der Waals surface area contributed by atoms with Gasteiger partial charge < -0.3 is 8.92 Å². The number of methoxy groups -OCH3 is 1. The van der Waals surface area contributed by atoms with Crippen LogP contribution in [0.25, 0.3) is 0 Å². The summed E-state index contributed by atoms with van der Waals surface area (Å²) in [5.74, 6) is 0.911. The average Bonchev–Trinajstić information content (AvgIpc) is 2.74. The maximum atomic E-state index is 13.3. The Bertz CT molecular complexity index is 1300. The van der Waals surface area contributed by atoms with Crippen molar-refractivity contribution in [2.75, 3.05) is 7.11 Å². The summed E-state index contributed by atoms with van der Waals surface area (Å²) in [5.41, 5.74) is 4.90. The van der Waals surface area contributed by atoms with Gasteiger partial charge in [0.2, 0.25) is 5.88 Å². The molecule has 9 heteroatoms. The number of aromatic nitrogens is 2. The van der Waals surface area contributed by atoms with Gasteiger partial charge in [-0.2, -0.15) is 13.4 Å². The molecule has 0 atom stereocenters. The van der Waals surface area contributed by atoms with Crippen molar-refractivity contribution in [2.45, 2.75) is 44.9 Å². The number of alkyl halides is 1. The topological polar surface area (TPSA) is 90.7 Å². The SMILES string of the molecule is C=Nc1nc(C)c(Cc2ccc(CCl)cc2OC)c(OS(=O)(=O)c2c(C)cc(C)cc2C)n1. The van der Waals surface area contributed by atoms with Crippen molar-refractivity contribution in [3.8, 4) is 11.6 Å². The highest BCUT2D eigenvalue weighted by Crippen LogP contribution is 2.32. The van der Waals surface area contributed by atoms with Gasteiger partial charge in [-0.15, -0.1) is 11.6 Å². The number of aryl methyl sites for hydroxylation is 4. The monoisotopic (exact) mass is 487 g/mol. The highest BCUT2D eigenvalue weighted by atomic mass is 35.5. The van der Waals surface area contributed by atoms with Crippen LogP contribution in [-0.2, 0) is 22.4 Å². The maximum absolute atomic E-state index is 13.3. The molecule has 0 amide bonds. The second-order valence-electron chi connectivity index (χ2n) is 7.77. The molecule has 0 unspecified atom stereocenters. The fourth-order valence-electron chi connectivity index (χ4n) is 3.81. The van der Waals surface area contributed by atoms with Gasteiger partial charge in [0.25, 0.3) is 5.95 Å². The van der Waals surface area contributed by atoms with Crippen molar-refractivity contribution in [1.82, 2.24) is 9.97 Å². The summed E-state index contributed by atoms with van der Waals surface area (Å²) in [7, 11) is -2.61. The average molecular weight is 488 g/mol. The molecule has 1 heterocycles. The first-order chi connectivity index (χ1) is 15.6. The Balaban J connectivity index is 2.12. The molecule has 0 radical (unpaired) electrons. The van der Waals surface area contributed by atoms with E-state index in [1.54, 1.807) is 40.0 Å². The van der Waals surface area contributed by atoms with Crippen LogP contribution >= 0.6 is 11.6 Å². The van der Waals surface area contributed by atoms with Crippen molar-refractivity contribution in [1.29, 1.82) is 0 Å². The van der Waals surface area contributed by atoms with Crippen molar-refractivity contribution in [3.63, 3.8) is 0 Å². The van der Waals surface area contributed by atoms with E-state index in [2.05, 4.69) is 21.7 Å². The molecule has 0 aliphatic rings. The minimum Gasteiger partial charge on any atom is -0.496 e. The van der Waals surface area contributed by atoms with E-state index in [4.69, 9.17) is 20.5 Å². The van der Waals surface area contributed by atoms with Crippen molar-refractivity contribution in [3.05, 3.63) is 69.4 Å². The van der Waals surface area contributed by atoms with E-state index in [-0.39, 0.29) is 23.1 Å². The van der Waals surface area contributed by atoms with Gasteiger partial charge in [0, 0.05) is 17.9 Å². The molecule has 174 valence electrons. The zero-order chi connectivity index (χ0) is 24.3. The third-order valence-electron chi connectivity index (χ3n) is 5.22. The second kappa shape index (κ2) is 9.89. The van der Waals surface area contributed by atoms with Gasteiger partial charge in [-0.05, 0) is 62.7 Å². The predicted octanol–water partition coefficient (Wildman–Crippen LogP) is 5.15. The molecule has 0 fully saturated rings. The van der Waals surface area contributed by atoms with Crippen molar-refractivity contribution in [2.24, 2.45) is 4.99 Å². The first-order valence-corrected chi connectivity index (χ1v) is 12.1. The lowest BCUT2D eigenvalue weighted by atomic mass is 10.0. The third kappa shape index (κ3) is 5.34. The molecular formula is C24H26ClN3O4S. The Morgan fingerprint density at radius 2 is 1.73 bits per heavy atom. The van der Waals surface area contributed by atoms with E-state index in [1.807, 2.05) is 25.1 Å². The second-order valence-corrected chi connectivity index (χ2v) is 9.52. The van der Waals surface area contributed by atoms with Crippen LogP contribution < -0.4 is 8.92 Å². The number of ether oxygens (including phenoxy) is 1. The van der Waals surface area contributed by atoms with E-state index in [0.29, 0.717) is 34.0 Å². The number of hydrogen-bond donors (Lipinski definition) is 0. The number of aliphatic imine (C=N–C) groups is 1. The number of halogens is 1. The standard InChI is InChI=1S/C24H26ClN3O4S/c1-14-9-15(2)22(16(3)10-14)33(29,30)32-23-20(17(4)27-24(26-5)28-23)12-19-8-7-18(13-25)11-21(19)31-6/h7-11H,5,12-13H2,1-4,6H3. The summed E-state index contributed by atoms with van der Waals surface area (Å²) < 4.78 is 37.7. The molecule has 0 N–H and O–H groups in total. The summed E-state index contributed by atoms with van der Waals surface area (Å²) in [6, 6.07) is 9.21. The first kappa shape index (κ1) is 24.7. The molecule has 0 aliphatic carbocycles. The van der Waals surface area contributed by atoms with E-state index < -0.39 is 10.1 Å². The van der Waals surface area contributed by atoms with Crippen LogP contribution in [0, 0.1) is 27.7 Å². The molecule has 0 saturated carbocycles. The Kier molecular flexibility index (Phi) is 7.39. The van der Waals surface area contributed by atoms with Crippen LogP contribution in [0.1, 0.15) is 39.1 Å². The van der Waals surface area contributed by atoms with Crippen LogP contribution in [0.5, 0.6) is 11.6 Å². The minimum atomic E-state index is -4.18. The molecule has 0 spiro atoms. The van der Waals surface area contributed by atoms with Crippen LogP contribution in [0.3, 0.4) is 0 Å². The van der Waals surface area contributed by atoms with Crippen molar-refractivity contribution < 1.29 is 17.3 Å². The lowest BCUT2D eigenvalue weighted by Crippen LogP contribution is -2.16. The minimum absolute atomic E-state index is 0.0308. The summed E-state index contributed by atoms with van der Waals surface area (Å²) in [4.78, 5) is 12.4. The quantitative estimate of drug-likeness (QED) is 0.248. The van der Waals surface area contributed by atoms with Gasteiger partial charge in [0.1, 0.15) is 10.6 Å². The molecule has 0 bridgehead atoms. The number of nitrogens with zero attached hydrogens (tertiary/aromatic N) is 3. The summed E-state index contributed by atoms with van der Waals surface area (Å²) in [6.07, 6.45) is 0.283. The van der Waals surface area contributed by atoms with Gasteiger partial charge in [0.05, 0.1) is 12.8 Å². The highest BCUT2D eigenvalue weighted by molar-refractivity contribution is 7.87. The van der Waals surface area contributed by atoms with Gasteiger partial charge in [-0.3, -0.25) is 0 Å². The lowest BCUT2D eigenvalue weighted by Gasteiger charge is -2.16. The third-order valence-corrected chi connectivity index (χ3v) is 7.05. The Morgan fingerprint density at radius 3 is 2.30 bits per heavy atom. The van der Waals surface area contributed by atoms with Crippen LogP contribution in [0.4, 0.5) is 5.95 Å². The van der Waals surface area contributed by atoms with E-state index in [1.165, 1.54) is 0 Å². The fourth-order valence-corrected chi connectivity index (χ4v) is 5.32. The molecule has 3 rings (SSSR count). The fraction of sp³-hybridized carbons (Fsp3) is 0.292. The summed E-state index contributed by atoms with van der Waals surface area (Å²) in [5, 5.41) is 0. The smallest absolute Gasteiger partial charge is 0.341 e. The lowest BCUT2D eigenvalue weighted by molar-refractivity contribution is 0.410. The van der Waals surface area contributed by atoms with E-state index in [0.717, 1.165) is 16.7 Å². The van der Waals surface area contributed by atoms with Gasteiger partial charge >= 0.3 is 10.1 Å². The van der Waals surface area contributed by atoms with Gasteiger partial charge in [0.15, 0.2) is 0 Å². The predicted molar refractivity (Wildman–Crippen MR) is 130 cm³/mol. The largest absolute Gasteiger partial charge is 0.496 e. The number of hydrogen-bond acceptors (Lipinski definition) is 7. The van der Waals surface area contributed by atoms with Gasteiger partial charge in [-0.1, -0.05) is 29.8 Å². The normalized spacial score (nSPS) is 11.3. The summed E-state index contributed by atoms with van der Waals surface area (Å²) >= 11 is 5.94. The molecule has 0 saturated heterocycles. The Morgan fingerprint density at radius 1 is 1.06 bits per heavy atom. The number of rotatable bonds is 8. The molecular weight excluding hydrogens is 462 g/mol. The van der Waals surface area contributed by atoms with Crippen LogP contribution in [0.2, 0.25) is 0 Å². The van der Waals surface area contributed by atoms with E-state index >= 15 is 0 Å². The van der Waals surface area contributed by atoms with E-state index in [9.17, 15) is 8.42 Å². The van der Waals surface area contributed by atoms with Gasteiger partial charge in [-0.25, -0.2) is 9.98 Å². The molecule has 2 aromatic carbocycles. The molecule has 3 aromatic rings. The summed E-state index contributed by atoms with van der Waals surface area (Å²) in [6.45, 7) is 10.6. The Labute approximate surface area is 199 Å². The zero-order valence-corrected chi connectivity index (χ0v) is 20.8.